The average molecular weight is 471 g/mol. The number of nitrogens with zero attached hydrogens (tertiary/aromatic N) is 1. The van der Waals surface area contributed by atoms with Crippen LogP contribution in [0.15, 0.2) is 55.6 Å². The van der Waals surface area contributed by atoms with Gasteiger partial charge in [-0.15, -0.1) is 13.2 Å². The summed E-state index contributed by atoms with van der Waals surface area (Å²) >= 11 is 0. The fourth-order valence-corrected chi connectivity index (χ4v) is 4.28. The lowest BCUT2D eigenvalue weighted by molar-refractivity contribution is -0.149. The lowest BCUT2D eigenvalue weighted by atomic mass is 9.95. The van der Waals surface area contributed by atoms with Crippen molar-refractivity contribution in [1.82, 2.24) is 10.2 Å². The number of esters is 1. The summed E-state index contributed by atoms with van der Waals surface area (Å²) in [6.07, 6.45) is 7.45. The Hall–Kier alpha value is -2.93. The minimum Gasteiger partial charge on any atom is -0.464 e. The second-order valence-electron chi connectivity index (χ2n) is 8.70. The first-order valence-corrected chi connectivity index (χ1v) is 12.1. The summed E-state index contributed by atoms with van der Waals surface area (Å²) in [4.78, 5) is 39.6. The van der Waals surface area contributed by atoms with Gasteiger partial charge in [0.05, 0.1) is 31.0 Å². The van der Waals surface area contributed by atoms with Crippen LogP contribution in [0.3, 0.4) is 0 Å². The maximum Gasteiger partial charge on any atom is 0.309 e. The van der Waals surface area contributed by atoms with E-state index >= 15 is 0 Å². The number of carbonyl (C=O) groups excluding carboxylic acids is 3. The highest BCUT2D eigenvalue weighted by molar-refractivity contribution is 5.86. The summed E-state index contributed by atoms with van der Waals surface area (Å²) in [6, 6.07) is 9.63. The maximum absolute atomic E-state index is 12.7. The lowest BCUT2D eigenvalue weighted by Gasteiger charge is -2.25. The molecule has 1 fully saturated rings. The van der Waals surface area contributed by atoms with Crippen LogP contribution in [-0.4, -0.2) is 60.1 Å². The van der Waals surface area contributed by atoms with Crippen molar-refractivity contribution < 1.29 is 24.2 Å². The molecular weight excluding hydrogens is 432 g/mol. The Balaban J connectivity index is 1.81. The standard InChI is InChI=1S/C27H38N2O5/c1-3-5-13-23(18-21-11-7-6-8-12-21)27(33)34-17-15-28-26(32)22(10-4-2)19-25(31)29-16-9-14-24(29)20-30/h3-4,6-8,11-12,22-24,30H,1-2,5,9-10,13-20H2,(H,28,32). The largest absolute Gasteiger partial charge is 0.464 e. The van der Waals surface area contributed by atoms with E-state index < -0.39 is 5.92 Å². The zero-order valence-corrected chi connectivity index (χ0v) is 20.0. The molecular formula is C27H38N2O5. The number of rotatable bonds is 15. The average Bonchev–Trinajstić information content (AvgIpc) is 3.33. The van der Waals surface area contributed by atoms with Crippen molar-refractivity contribution in [3.8, 4) is 0 Å². The number of allylic oxidation sites excluding steroid dienone is 2. The molecule has 34 heavy (non-hydrogen) atoms. The molecule has 2 amide bonds. The highest BCUT2D eigenvalue weighted by Gasteiger charge is 2.31. The van der Waals surface area contributed by atoms with E-state index in [0.29, 0.717) is 25.8 Å². The Morgan fingerprint density at radius 1 is 1.18 bits per heavy atom. The summed E-state index contributed by atoms with van der Waals surface area (Å²) in [5.41, 5.74) is 1.07. The van der Waals surface area contributed by atoms with Crippen LogP contribution in [0.1, 0.15) is 44.1 Å². The quantitative estimate of drug-likeness (QED) is 0.233. The van der Waals surface area contributed by atoms with Crippen LogP contribution in [0, 0.1) is 11.8 Å². The number of nitrogens with one attached hydrogen (secondary N) is 1. The second-order valence-corrected chi connectivity index (χ2v) is 8.70. The first kappa shape index (κ1) is 27.3. The van der Waals surface area contributed by atoms with E-state index in [1.807, 2.05) is 30.3 Å². The molecule has 1 aliphatic rings. The molecule has 7 heteroatoms. The third kappa shape index (κ3) is 8.78. The first-order chi connectivity index (χ1) is 16.5. The highest BCUT2D eigenvalue weighted by atomic mass is 16.5. The molecule has 2 N–H and O–H groups in total. The molecule has 0 aliphatic carbocycles. The molecule has 0 bridgehead atoms. The van der Waals surface area contributed by atoms with Crippen molar-refractivity contribution in [2.24, 2.45) is 11.8 Å². The molecule has 3 unspecified atom stereocenters. The zero-order valence-electron chi connectivity index (χ0n) is 20.0. The van der Waals surface area contributed by atoms with Crippen LogP contribution in [-0.2, 0) is 25.5 Å². The zero-order chi connectivity index (χ0) is 24.8. The Morgan fingerprint density at radius 2 is 1.94 bits per heavy atom. The molecule has 3 atom stereocenters. The van der Waals surface area contributed by atoms with E-state index in [9.17, 15) is 19.5 Å². The van der Waals surface area contributed by atoms with Gasteiger partial charge >= 0.3 is 5.97 Å². The van der Waals surface area contributed by atoms with Crippen molar-refractivity contribution in [2.45, 2.75) is 51.0 Å². The van der Waals surface area contributed by atoms with E-state index in [1.54, 1.807) is 17.1 Å². The fourth-order valence-electron chi connectivity index (χ4n) is 4.28. The fraction of sp³-hybridized carbons (Fsp3) is 0.519. The molecule has 0 radical (unpaired) electrons. The van der Waals surface area contributed by atoms with Crippen molar-refractivity contribution >= 4 is 17.8 Å². The predicted octanol–water partition coefficient (Wildman–Crippen LogP) is 3.04. The molecule has 0 spiro atoms. The summed E-state index contributed by atoms with van der Waals surface area (Å²) < 4.78 is 5.44. The van der Waals surface area contributed by atoms with Gasteiger partial charge in [0, 0.05) is 13.0 Å². The Labute approximate surface area is 202 Å². The number of ether oxygens (including phenoxy) is 1. The number of benzene rings is 1. The van der Waals surface area contributed by atoms with Crippen LogP contribution in [0.2, 0.25) is 0 Å². The molecule has 0 saturated carbocycles. The molecule has 1 heterocycles. The Bertz CT molecular complexity index is 810. The van der Waals surface area contributed by atoms with Crippen LogP contribution >= 0.6 is 0 Å². The molecule has 2 rings (SSSR count). The minimum atomic E-state index is -0.543. The van der Waals surface area contributed by atoms with E-state index in [4.69, 9.17) is 4.74 Å². The number of amides is 2. The van der Waals surface area contributed by atoms with Gasteiger partial charge in [0.1, 0.15) is 6.61 Å². The van der Waals surface area contributed by atoms with E-state index in [2.05, 4.69) is 18.5 Å². The topological polar surface area (TPSA) is 95.9 Å². The molecule has 7 nitrogen and oxygen atoms in total. The number of hydrogen-bond donors (Lipinski definition) is 2. The number of likely N-dealkylation sites (tertiary alicyclic amines) is 1. The summed E-state index contributed by atoms with van der Waals surface area (Å²) in [5, 5.41) is 12.2. The minimum absolute atomic E-state index is 0.0620. The molecule has 1 aromatic carbocycles. The molecule has 1 saturated heterocycles. The first-order valence-electron chi connectivity index (χ1n) is 12.1. The van der Waals surface area contributed by atoms with E-state index in [0.717, 1.165) is 24.8 Å². The van der Waals surface area contributed by atoms with Gasteiger partial charge in [-0.3, -0.25) is 14.4 Å². The monoisotopic (exact) mass is 470 g/mol. The number of aliphatic hydroxyl groups excluding tert-OH is 1. The van der Waals surface area contributed by atoms with Crippen molar-refractivity contribution in [2.75, 3.05) is 26.3 Å². The summed E-state index contributed by atoms with van der Waals surface area (Å²) in [7, 11) is 0. The van der Waals surface area contributed by atoms with Crippen LogP contribution in [0.5, 0.6) is 0 Å². The number of aliphatic hydroxyl groups is 1. The molecule has 1 aromatic rings. The Kier molecular flexibility index (Phi) is 12.1. The highest BCUT2D eigenvalue weighted by Crippen LogP contribution is 2.21. The van der Waals surface area contributed by atoms with Gasteiger partial charge in [-0.1, -0.05) is 42.5 Å². The van der Waals surface area contributed by atoms with Gasteiger partial charge in [0.15, 0.2) is 0 Å². The van der Waals surface area contributed by atoms with Gasteiger partial charge in [-0.05, 0) is 44.1 Å². The smallest absolute Gasteiger partial charge is 0.309 e. The Morgan fingerprint density at radius 3 is 2.62 bits per heavy atom. The molecule has 0 aromatic heterocycles. The predicted molar refractivity (Wildman–Crippen MR) is 132 cm³/mol. The molecule has 186 valence electrons. The maximum atomic E-state index is 12.7. The van der Waals surface area contributed by atoms with Gasteiger partial charge < -0.3 is 20.1 Å². The van der Waals surface area contributed by atoms with Crippen molar-refractivity contribution in [3.05, 3.63) is 61.2 Å². The second kappa shape index (κ2) is 15.1. The SMILES string of the molecule is C=CCCC(Cc1ccccc1)C(=O)OCCNC(=O)C(CC=C)CC(=O)N1CCCC1CO. The third-order valence-corrected chi connectivity index (χ3v) is 6.17. The normalized spacial score (nSPS) is 17.0. The van der Waals surface area contributed by atoms with Gasteiger partial charge in [0.25, 0.3) is 0 Å². The summed E-state index contributed by atoms with van der Waals surface area (Å²) in [5.74, 6) is -1.50. The van der Waals surface area contributed by atoms with Gasteiger partial charge in [-0.25, -0.2) is 0 Å². The number of carbonyl (C=O) groups is 3. The third-order valence-electron chi connectivity index (χ3n) is 6.17. The lowest BCUT2D eigenvalue weighted by Crippen LogP contribution is -2.41. The van der Waals surface area contributed by atoms with Gasteiger partial charge in [0.2, 0.25) is 11.8 Å². The van der Waals surface area contributed by atoms with Crippen LogP contribution in [0.4, 0.5) is 0 Å². The molecule has 1 aliphatic heterocycles. The van der Waals surface area contributed by atoms with Crippen LogP contribution < -0.4 is 5.32 Å². The van der Waals surface area contributed by atoms with Crippen molar-refractivity contribution in [1.29, 1.82) is 0 Å². The van der Waals surface area contributed by atoms with Crippen LogP contribution in [0.25, 0.3) is 0 Å². The van der Waals surface area contributed by atoms with E-state index in [-0.39, 0.29) is 55.9 Å². The van der Waals surface area contributed by atoms with Crippen molar-refractivity contribution in [3.63, 3.8) is 0 Å². The van der Waals surface area contributed by atoms with E-state index in [1.165, 1.54) is 0 Å². The van der Waals surface area contributed by atoms with Gasteiger partial charge in [-0.2, -0.15) is 0 Å². The number of hydrogen-bond acceptors (Lipinski definition) is 5. The summed E-state index contributed by atoms with van der Waals surface area (Å²) in [6.45, 7) is 8.22.